The zero-order chi connectivity index (χ0) is 17.3. The summed E-state index contributed by atoms with van der Waals surface area (Å²) < 4.78 is 39.3. The summed E-state index contributed by atoms with van der Waals surface area (Å²) in [6, 6.07) is 5.08. The van der Waals surface area contributed by atoms with Gasteiger partial charge >= 0.3 is 6.18 Å². The second kappa shape index (κ2) is 6.32. The van der Waals surface area contributed by atoms with E-state index in [0.29, 0.717) is 0 Å². The Kier molecular flexibility index (Phi) is 4.36. The lowest BCUT2D eigenvalue weighted by molar-refractivity contribution is -0.136. The summed E-state index contributed by atoms with van der Waals surface area (Å²) in [5.74, 6) is -0.291. The summed E-state index contributed by atoms with van der Waals surface area (Å²) in [4.78, 5) is 15.9. The first-order valence-corrected chi connectivity index (χ1v) is 7.60. The molecule has 0 atom stereocenters. The van der Waals surface area contributed by atoms with Gasteiger partial charge < -0.3 is 10.6 Å². The highest BCUT2D eigenvalue weighted by molar-refractivity contribution is 6.30. The molecule has 0 saturated heterocycles. The molecule has 2 N–H and O–H groups in total. The predicted molar refractivity (Wildman–Crippen MR) is 84.5 cm³/mol. The lowest BCUT2D eigenvalue weighted by Gasteiger charge is -2.15. The van der Waals surface area contributed by atoms with Crippen molar-refractivity contribution >= 4 is 28.9 Å². The van der Waals surface area contributed by atoms with Gasteiger partial charge in [-0.3, -0.25) is 9.78 Å². The number of benzene rings is 1. The molecule has 1 amide bonds. The van der Waals surface area contributed by atoms with Crippen molar-refractivity contribution in [2.75, 3.05) is 5.32 Å². The van der Waals surface area contributed by atoms with Gasteiger partial charge in [-0.2, -0.15) is 13.2 Å². The number of carbonyl (C=O) groups is 1. The maximum atomic E-state index is 13.1. The first-order valence-electron chi connectivity index (χ1n) is 7.22. The Morgan fingerprint density at radius 1 is 1.21 bits per heavy atom. The minimum Gasteiger partial charge on any atom is -0.354 e. The molecule has 24 heavy (non-hydrogen) atoms. The Hall–Kier alpha value is -2.28. The minimum atomic E-state index is -4.55. The molecule has 1 fully saturated rings. The van der Waals surface area contributed by atoms with Crippen molar-refractivity contribution in [3.05, 3.63) is 52.8 Å². The number of rotatable bonds is 4. The third-order valence-electron chi connectivity index (χ3n) is 3.48. The molecule has 1 aromatic carbocycles. The maximum Gasteiger partial charge on any atom is 0.418 e. The zero-order valence-corrected chi connectivity index (χ0v) is 13.1. The number of carbonyl (C=O) groups excluding carboxylic acids is 1. The number of halogens is 4. The number of alkyl halides is 3. The Morgan fingerprint density at radius 3 is 2.62 bits per heavy atom. The lowest BCUT2D eigenvalue weighted by Crippen LogP contribution is -2.25. The number of hydrogen-bond acceptors (Lipinski definition) is 3. The van der Waals surface area contributed by atoms with Crippen molar-refractivity contribution in [3.63, 3.8) is 0 Å². The van der Waals surface area contributed by atoms with Crippen LogP contribution in [0.4, 0.5) is 24.5 Å². The molecule has 0 unspecified atom stereocenters. The molecule has 0 spiro atoms. The molecule has 126 valence electrons. The summed E-state index contributed by atoms with van der Waals surface area (Å²) in [7, 11) is 0. The van der Waals surface area contributed by atoms with Crippen LogP contribution in [0.15, 0.2) is 36.7 Å². The van der Waals surface area contributed by atoms with Gasteiger partial charge in [0, 0.05) is 17.3 Å². The van der Waals surface area contributed by atoms with E-state index in [0.717, 1.165) is 18.9 Å². The fourth-order valence-corrected chi connectivity index (χ4v) is 2.32. The van der Waals surface area contributed by atoms with Crippen LogP contribution < -0.4 is 10.6 Å². The molecule has 1 aliphatic carbocycles. The van der Waals surface area contributed by atoms with Gasteiger partial charge in [0.25, 0.3) is 5.91 Å². The Labute approximate surface area is 141 Å². The Bertz CT molecular complexity index is 775. The van der Waals surface area contributed by atoms with Crippen molar-refractivity contribution in [1.82, 2.24) is 10.3 Å². The largest absolute Gasteiger partial charge is 0.418 e. The van der Waals surface area contributed by atoms with Crippen LogP contribution in [-0.4, -0.2) is 16.9 Å². The van der Waals surface area contributed by atoms with Crippen LogP contribution >= 0.6 is 11.6 Å². The molecule has 0 aliphatic heterocycles. The van der Waals surface area contributed by atoms with Crippen molar-refractivity contribution in [2.24, 2.45) is 0 Å². The van der Waals surface area contributed by atoms with E-state index in [1.165, 1.54) is 30.6 Å². The van der Waals surface area contributed by atoms with Gasteiger partial charge in [0.15, 0.2) is 0 Å². The van der Waals surface area contributed by atoms with Crippen LogP contribution in [0.1, 0.15) is 28.8 Å². The van der Waals surface area contributed by atoms with Gasteiger partial charge in [-0.05, 0) is 37.1 Å². The Balaban J connectivity index is 1.85. The number of nitrogens with one attached hydrogen (secondary N) is 2. The summed E-state index contributed by atoms with van der Waals surface area (Å²) >= 11 is 5.65. The quantitative estimate of drug-likeness (QED) is 0.855. The second-order valence-electron chi connectivity index (χ2n) is 5.52. The number of hydrogen-bond donors (Lipinski definition) is 2. The van der Waals surface area contributed by atoms with Gasteiger partial charge in [-0.15, -0.1) is 0 Å². The summed E-state index contributed by atoms with van der Waals surface area (Å²) in [5.41, 5.74) is -0.475. The van der Waals surface area contributed by atoms with Gasteiger partial charge in [-0.1, -0.05) is 11.6 Å². The van der Waals surface area contributed by atoms with Crippen LogP contribution in [0.5, 0.6) is 0 Å². The smallest absolute Gasteiger partial charge is 0.354 e. The molecule has 1 heterocycles. The molecule has 8 heteroatoms. The molecular formula is C16H13ClF3N3O. The summed E-state index contributed by atoms with van der Waals surface area (Å²) in [5, 5.41) is 5.44. The zero-order valence-electron chi connectivity index (χ0n) is 12.3. The highest BCUT2D eigenvalue weighted by atomic mass is 35.5. The molecule has 0 radical (unpaired) electrons. The molecule has 3 rings (SSSR count). The summed E-state index contributed by atoms with van der Waals surface area (Å²) in [6.07, 6.45) is 0.0490. The van der Waals surface area contributed by atoms with Crippen molar-refractivity contribution in [1.29, 1.82) is 0 Å². The van der Waals surface area contributed by atoms with Crippen LogP contribution in [0.3, 0.4) is 0 Å². The van der Waals surface area contributed by atoms with Crippen molar-refractivity contribution in [2.45, 2.75) is 25.1 Å². The average Bonchev–Trinajstić information content (AvgIpc) is 3.32. The minimum absolute atomic E-state index is 0.0106. The molecule has 1 saturated carbocycles. The van der Waals surface area contributed by atoms with Crippen molar-refractivity contribution in [3.8, 4) is 0 Å². The van der Waals surface area contributed by atoms with Crippen LogP contribution in [0.25, 0.3) is 0 Å². The molecule has 1 aromatic heterocycles. The predicted octanol–water partition coefficient (Wildman–Crippen LogP) is 4.39. The van der Waals surface area contributed by atoms with E-state index in [9.17, 15) is 18.0 Å². The van der Waals surface area contributed by atoms with Crippen LogP contribution in [0.2, 0.25) is 5.02 Å². The molecule has 1 aliphatic rings. The van der Waals surface area contributed by atoms with E-state index < -0.39 is 11.7 Å². The topological polar surface area (TPSA) is 54.0 Å². The second-order valence-corrected chi connectivity index (χ2v) is 5.96. The van der Waals surface area contributed by atoms with E-state index in [4.69, 9.17) is 11.6 Å². The fraction of sp³-hybridized carbons (Fsp3) is 0.250. The molecule has 2 aromatic rings. The van der Waals surface area contributed by atoms with E-state index in [-0.39, 0.29) is 33.9 Å². The number of nitrogens with zero attached hydrogens (tertiary/aromatic N) is 1. The van der Waals surface area contributed by atoms with E-state index in [1.54, 1.807) is 0 Å². The highest BCUT2D eigenvalue weighted by Gasteiger charge is 2.34. The summed E-state index contributed by atoms with van der Waals surface area (Å²) in [6.45, 7) is 0. The van der Waals surface area contributed by atoms with Gasteiger partial charge in [0.2, 0.25) is 0 Å². The maximum absolute atomic E-state index is 13.1. The fourth-order valence-electron chi connectivity index (χ4n) is 2.14. The first kappa shape index (κ1) is 16.6. The Morgan fingerprint density at radius 2 is 1.96 bits per heavy atom. The molecule has 4 nitrogen and oxygen atoms in total. The van der Waals surface area contributed by atoms with Crippen LogP contribution in [0, 0.1) is 0 Å². The first-order chi connectivity index (χ1) is 11.3. The van der Waals surface area contributed by atoms with E-state index in [1.807, 2.05) is 0 Å². The van der Waals surface area contributed by atoms with Crippen molar-refractivity contribution < 1.29 is 18.0 Å². The number of aromatic nitrogens is 1. The van der Waals surface area contributed by atoms with Gasteiger partial charge in [0.05, 0.1) is 28.7 Å². The van der Waals surface area contributed by atoms with E-state index >= 15 is 0 Å². The highest BCUT2D eigenvalue weighted by Crippen LogP contribution is 2.37. The standard InChI is InChI=1S/C16H13ClF3N3O/c17-10-1-4-14(13(6-10)16(18,19)20)22-12-5-9(7-21-8-12)15(24)23-11-2-3-11/h1,4-8,11,22H,2-3H2,(H,23,24). The van der Waals surface area contributed by atoms with Crippen LogP contribution in [-0.2, 0) is 6.18 Å². The molecule has 0 bridgehead atoms. The normalized spacial score (nSPS) is 14.3. The SMILES string of the molecule is O=C(NC1CC1)c1cncc(Nc2ccc(Cl)cc2C(F)(F)F)c1. The molecular weight excluding hydrogens is 343 g/mol. The number of amides is 1. The third kappa shape index (κ3) is 3.97. The van der Waals surface area contributed by atoms with Gasteiger partial charge in [-0.25, -0.2) is 0 Å². The number of pyridine rings is 1. The third-order valence-corrected chi connectivity index (χ3v) is 3.71. The lowest BCUT2D eigenvalue weighted by atomic mass is 10.1. The monoisotopic (exact) mass is 355 g/mol. The number of anilines is 2. The average molecular weight is 356 g/mol. The van der Waals surface area contributed by atoms with Gasteiger partial charge in [0.1, 0.15) is 0 Å². The van der Waals surface area contributed by atoms with E-state index in [2.05, 4.69) is 15.6 Å².